The third kappa shape index (κ3) is 2.64. The van der Waals surface area contributed by atoms with Gasteiger partial charge in [0.25, 0.3) is 0 Å². The van der Waals surface area contributed by atoms with E-state index in [2.05, 4.69) is 0 Å². The van der Waals surface area contributed by atoms with Crippen LogP contribution in [-0.2, 0) is 4.79 Å². The molecule has 0 saturated carbocycles. The third-order valence-corrected chi connectivity index (χ3v) is 1.39. The highest BCUT2D eigenvalue weighted by molar-refractivity contribution is 6.82. The second kappa shape index (κ2) is 3.91. The molecule has 0 unspecified atom stereocenters. The minimum absolute atomic E-state index is 0.542. The van der Waals surface area contributed by atoms with Crippen LogP contribution in [0.15, 0.2) is 0 Å². The number of nitrogens with one attached hydrogen (secondary N) is 2. The van der Waals surface area contributed by atoms with Gasteiger partial charge in [-0.3, -0.25) is 15.6 Å². The molecule has 0 fully saturated rings. The average molecular weight is 201 g/mol. The average Bonchev–Trinajstić information content (AvgIpc) is 1.59. The maximum Gasteiger partial charge on any atom is 0.238 e. The highest BCUT2D eigenvalue weighted by Crippen LogP contribution is 2.10. The lowest BCUT2D eigenvalue weighted by Crippen LogP contribution is -2.21. The smallest absolute Gasteiger partial charge is 0.238 e. The molecule has 0 aliphatic heterocycles. The van der Waals surface area contributed by atoms with Gasteiger partial charge in [-0.25, -0.2) is 0 Å². The van der Waals surface area contributed by atoms with E-state index in [1.807, 2.05) is 0 Å². The molecule has 0 heterocycles. The lowest BCUT2D eigenvalue weighted by molar-refractivity contribution is -0.111. The van der Waals surface area contributed by atoms with Crippen LogP contribution in [0.3, 0.4) is 0 Å². The number of carbonyl (C=O) groups is 1. The normalized spacial score (nSPS) is 12.3. The summed E-state index contributed by atoms with van der Waals surface area (Å²) in [6, 6.07) is 0. The zero-order valence-electron chi connectivity index (χ0n) is 4.62. The van der Waals surface area contributed by atoms with Crippen LogP contribution in [-0.4, -0.2) is 15.6 Å². The van der Waals surface area contributed by atoms with Crippen LogP contribution in [0.25, 0.3) is 0 Å². The third-order valence-electron chi connectivity index (χ3n) is 0.734. The Bertz CT molecular complexity index is 158. The molecule has 0 aromatic carbocycles. The molecule has 0 aromatic heterocycles. The van der Waals surface area contributed by atoms with Crippen molar-refractivity contribution in [1.29, 1.82) is 10.8 Å². The van der Waals surface area contributed by atoms with E-state index >= 15 is 0 Å². The first-order valence-electron chi connectivity index (χ1n) is 2.14. The van der Waals surface area contributed by atoms with Gasteiger partial charge >= 0.3 is 0 Å². The highest BCUT2D eigenvalue weighted by atomic mass is 35.5. The molecule has 0 saturated heterocycles. The number of rotatable bonds is 3. The molecule has 0 rings (SSSR count). The molecule has 0 radical (unpaired) electrons. The van der Waals surface area contributed by atoms with E-state index < -0.39 is 21.5 Å². The van der Waals surface area contributed by atoms with Gasteiger partial charge in [-0.1, -0.05) is 23.2 Å². The molecule has 6 heteroatoms. The predicted octanol–water partition coefficient (Wildman–Crippen LogP) is 1.80. The molecule has 0 amide bonds. The maximum atomic E-state index is 10.3. The standard InChI is InChI=1S/C4H3Cl3N2O/c5-2(8)1(3(6)9)4(7)10/h1,8-9H. The Kier molecular flexibility index (Phi) is 3.86. The molecular formula is C4H3Cl3N2O. The summed E-state index contributed by atoms with van der Waals surface area (Å²) in [5.41, 5.74) is 0. The summed E-state index contributed by atoms with van der Waals surface area (Å²) in [5.74, 6) is -1.29. The van der Waals surface area contributed by atoms with E-state index in [4.69, 9.17) is 45.6 Å². The second-order valence-corrected chi connectivity index (χ2v) is 2.62. The van der Waals surface area contributed by atoms with Crippen molar-refractivity contribution < 1.29 is 4.79 Å². The second-order valence-electron chi connectivity index (χ2n) is 1.43. The Hall–Kier alpha value is -0.120. The van der Waals surface area contributed by atoms with E-state index in [0.29, 0.717) is 0 Å². The van der Waals surface area contributed by atoms with Gasteiger partial charge in [-0.15, -0.1) is 0 Å². The summed E-state index contributed by atoms with van der Waals surface area (Å²) in [7, 11) is 0. The number of carbonyl (C=O) groups excluding carboxylic acids is 1. The fourth-order valence-corrected chi connectivity index (χ4v) is 1.11. The Morgan fingerprint density at radius 3 is 1.40 bits per heavy atom. The summed E-state index contributed by atoms with van der Waals surface area (Å²) in [5, 5.41) is 11.5. The van der Waals surface area contributed by atoms with Crippen LogP contribution >= 0.6 is 34.8 Å². The Morgan fingerprint density at radius 1 is 1.10 bits per heavy atom. The molecule has 0 spiro atoms. The van der Waals surface area contributed by atoms with Crippen molar-refractivity contribution in [2.45, 2.75) is 0 Å². The van der Waals surface area contributed by atoms with Crippen molar-refractivity contribution in [1.82, 2.24) is 0 Å². The van der Waals surface area contributed by atoms with Crippen molar-refractivity contribution in [3.63, 3.8) is 0 Å². The van der Waals surface area contributed by atoms with Crippen LogP contribution in [0, 0.1) is 16.7 Å². The summed E-state index contributed by atoms with van der Waals surface area (Å²) < 4.78 is 0. The molecule has 2 N–H and O–H groups in total. The summed E-state index contributed by atoms with van der Waals surface area (Å²) in [6.07, 6.45) is 0. The monoisotopic (exact) mass is 200 g/mol. The maximum absolute atomic E-state index is 10.3. The van der Waals surface area contributed by atoms with Crippen LogP contribution < -0.4 is 0 Å². The van der Waals surface area contributed by atoms with Gasteiger partial charge in [0.2, 0.25) is 5.24 Å². The molecular weight excluding hydrogens is 198 g/mol. The fourth-order valence-electron chi connectivity index (χ4n) is 0.311. The summed E-state index contributed by atoms with van der Waals surface area (Å²) in [6.45, 7) is 0. The molecule has 56 valence electrons. The van der Waals surface area contributed by atoms with Crippen LogP contribution in [0.2, 0.25) is 0 Å². The molecule has 0 bridgehead atoms. The lowest BCUT2D eigenvalue weighted by atomic mass is 10.2. The van der Waals surface area contributed by atoms with Crippen molar-refractivity contribution >= 4 is 50.4 Å². The van der Waals surface area contributed by atoms with E-state index in [9.17, 15) is 4.79 Å². The van der Waals surface area contributed by atoms with Crippen LogP contribution in [0.4, 0.5) is 0 Å². The fraction of sp³-hybridized carbons (Fsp3) is 0.250. The first kappa shape index (κ1) is 9.88. The first-order valence-corrected chi connectivity index (χ1v) is 3.27. The van der Waals surface area contributed by atoms with Gasteiger partial charge in [0.05, 0.1) is 0 Å². The lowest BCUT2D eigenvalue weighted by Gasteiger charge is -2.03. The van der Waals surface area contributed by atoms with Crippen molar-refractivity contribution in [3.05, 3.63) is 0 Å². The van der Waals surface area contributed by atoms with E-state index in [-0.39, 0.29) is 0 Å². The van der Waals surface area contributed by atoms with Gasteiger partial charge in [-0.05, 0) is 11.6 Å². The van der Waals surface area contributed by atoms with Gasteiger partial charge < -0.3 is 0 Å². The number of hydrogen-bond acceptors (Lipinski definition) is 3. The van der Waals surface area contributed by atoms with E-state index in [1.54, 1.807) is 0 Å². The number of halogens is 3. The first-order chi connectivity index (χ1) is 4.46. The van der Waals surface area contributed by atoms with Crippen molar-refractivity contribution in [3.8, 4) is 0 Å². The molecule has 0 aliphatic carbocycles. The zero-order chi connectivity index (χ0) is 8.31. The largest absolute Gasteiger partial charge is 0.292 e. The quantitative estimate of drug-likeness (QED) is 0.531. The van der Waals surface area contributed by atoms with Gasteiger partial charge in [0.1, 0.15) is 16.3 Å². The molecule has 0 aliphatic rings. The molecule has 0 aromatic rings. The SMILES string of the molecule is N=C(Cl)C(C(=N)Cl)C(=O)Cl. The zero-order valence-corrected chi connectivity index (χ0v) is 6.89. The van der Waals surface area contributed by atoms with Gasteiger partial charge in [0, 0.05) is 0 Å². The predicted molar refractivity (Wildman–Crippen MR) is 41.5 cm³/mol. The van der Waals surface area contributed by atoms with Crippen LogP contribution in [0.1, 0.15) is 0 Å². The van der Waals surface area contributed by atoms with E-state index in [0.717, 1.165) is 0 Å². The highest BCUT2D eigenvalue weighted by Gasteiger charge is 2.23. The van der Waals surface area contributed by atoms with Gasteiger partial charge in [0.15, 0.2) is 0 Å². The Morgan fingerprint density at radius 2 is 1.40 bits per heavy atom. The summed E-state index contributed by atoms with van der Waals surface area (Å²) in [4.78, 5) is 10.3. The molecule has 3 nitrogen and oxygen atoms in total. The topological polar surface area (TPSA) is 64.8 Å². The van der Waals surface area contributed by atoms with Crippen LogP contribution in [0.5, 0.6) is 0 Å². The number of hydrogen-bond donors (Lipinski definition) is 2. The molecule has 0 atom stereocenters. The Balaban J connectivity index is 4.43. The Labute approximate surface area is 72.3 Å². The van der Waals surface area contributed by atoms with Gasteiger partial charge in [-0.2, -0.15) is 0 Å². The minimum atomic E-state index is -1.29. The van der Waals surface area contributed by atoms with E-state index in [1.165, 1.54) is 0 Å². The van der Waals surface area contributed by atoms with Crippen molar-refractivity contribution in [2.24, 2.45) is 5.92 Å². The summed E-state index contributed by atoms with van der Waals surface area (Å²) >= 11 is 15.1. The minimum Gasteiger partial charge on any atom is -0.292 e. The van der Waals surface area contributed by atoms with Crippen molar-refractivity contribution in [2.75, 3.05) is 0 Å². The molecule has 10 heavy (non-hydrogen) atoms.